The van der Waals surface area contributed by atoms with Gasteiger partial charge < -0.3 is 10.1 Å². The Kier molecular flexibility index (Phi) is 6.21. The van der Waals surface area contributed by atoms with Crippen LogP contribution in [0, 0.1) is 0 Å². The van der Waals surface area contributed by atoms with Crippen LogP contribution in [0.5, 0.6) is 0 Å². The first-order valence-electron chi connectivity index (χ1n) is 7.26. The van der Waals surface area contributed by atoms with Crippen molar-refractivity contribution in [2.45, 2.75) is 49.1 Å². The van der Waals surface area contributed by atoms with E-state index in [1.165, 1.54) is 42.6 Å². The standard InChI is InChI=1S/C16H25NOS/c1-17-16(7-3-5-14-6-4-12-18-14)13-8-10-15(19-2)11-9-13/h8-11,14,16-17H,3-7,12H2,1-2H3. The van der Waals surface area contributed by atoms with Crippen molar-refractivity contribution in [2.24, 2.45) is 0 Å². The third kappa shape index (κ3) is 4.51. The monoisotopic (exact) mass is 279 g/mol. The van der Waals surface area contributed by atoms with Gasteiger partial charge >= 0.3 is 0 Å². The van der Waals surface area contributed by atoms with Gasteiger partial charge in [-0.2, -0.15) is 0 Å². The second-order valence-corrected chi connectivity index (χ2v) is 6.06. The van der Waals surface area contributed by atoms with Crippen LogP contribution in [0.15, 0.2) is 29.2 Å². The summed E-state index contributed by atoms with van der Waals surface area (Å²) in [7, 11) is 2.05. The Hall–Kier alpha value is -0.510. The van der Waals surface area contributed by atoms with Crippen LogP contribution in [0.3, 0.4) is 0 Å². The fourth-order valence-corrected chi connectivity index (χ4v) is 3.14. The summed E-state index contributed by atoms with van der Waals surface area (Å²) in [4.78, 5) is 1.33. The molecule has 1 saturated heterocycles. The van der Waals surface area contributed by atoms with Crippen LogP contribution in [0.1, 0.15) is 43.7 Å². The van der Waals surface area contributed by atoms with E-state index < -0.39 is 0 Å². The average molecular weight is 279 g/mol. The van der Waals surface area contributed by atoms with Gasteiger partial charge in [0.15, 0.2) is 0 Å². The van der Waals surface area contributed by atoms with E-state index in [9.17, 15) is 0 Å². The van der Waals surface area contributed by atoms with E-state index in [4.69, 9.17) is 4.74 Å². The van der Waals surface area contributed by atoms with Crippen molar-refractivity contribution in [1.82, 2.24) is 5.32 Å². The molecule has 0 bridgehead atoms. The molecule has 0 amide bonds. The number of benzene rings is 1. The molecule has 1 heterocycles. The van der Waals surface area contributed by atoms with Crippen molar-refractivity contribution < 1.29 is 4.74 Å². The number of hydrogen-bond acceptors (Lipinski definition) is 3. The van der Waals surface area contributed by atoms with Crippen molar-refractivity contribution in [3.05, 3.63) is 29.8 Å². The molecule has 2 unspecified atom stereocenters. The minimum absolute atomic E-state index is 0.470. The van der Waals surface area contributed by atoms with E-state index in [1.54, 1.807) is 11.8 Å². The lowest BCUT2D eigenvalue weighted by Gasteiger charge is -2.18. The van der Waals surface area contributed by atoms with Crippen LogP contribution >= 0.6 is 11.8 Å². The molecular weight excluding hydrogens is 254 g/mol. The summed E-state index contributed by atoms with van der Waals surface area (Å²) in [5.74, 6) is 0. The molecule has 0 aromatic heterocycles. The zero-order valence-electron chi connectivity index (χ0n) is 12.0. The molecule has 19 heavy (non-hydrogen) atoms. The first kappa shape index (κ1) is 14.9. The SMILES string of the molecule is CNC(CCCC1CCCO1)c1ccc(SC)cc1. The van der Waals surface area contributed by atoms with Crippen LogP contribution in [-0.2, 0) is 4.74 Å². The fraction of sp³-hybridized carbons (Fsp3) is 0.625. The number of thioether (sulfide) groups is 1. The van der Waals surface area contributed by atoms with E-state index >= 15 is 0 Å². The van der Waals surface area contributed by atoms with E-state index in [0.717, 1.165) is 6.61 Å². The zero-order chi connectivity index (χ0) is 13.5. The predicted molar refractivity (Wildman–Crippen MR) is 82.8 cm³/mol. The molecule has 1 aliphatic rings. The molecule has 0 spiro atoms. The molecule has 1 N–H and O–H groups in total. The zero-order valence-corrected chi connectivity index (χ0v) is 12.8. The van der Waals surface area contributed by atoms with Gasteiger partial charge in [0, 0.05) is 17.5 Å². The van der Waals surface area contributed by atoms with Crippen molar-refractivity contribution in [3.8, 4) is 0 Å². The molecule has 106 valence electrons. The van der Waals surface area contributed by atoms with Gasteiger partial charge in [-0.3, -0.25) is 0 Å². The molecule has 1 fully saturated rings. The Morgan fingerprint density at radius 2 is 2.16 bits per heavy atom. The highest BCUT2D eigenvalue weighted by Crippen LogP contribution is 2.24. The van der Waals surface area contributed by atoms with Crippen molar-refractivity contribution in [3.63, 3.8) is 0 Å². The fourth-order valence-electron chi connectivity index (χ4n) is 2.74. The molecule has 0 radical (unpaired) electrons. The highest BCUT2D eigenvalue weighted by Gasteiger charge is 2.16. The predicted octanol–water partition coefficient (Wildman–Crippen LogP) is 4.02. The molecule has 1 aromatic rings. The minimum Gasteiger partial charge on any atom is -0.378 e. The van der Waals surface area contributed by atoms with Crippen molar-refractivity contribution >= 4 is 11.8 Å². The molecule has 1 aliphatic heterocycles. The van der Waals surface area contributed by atoms with Gasteiger partial charge in [0.1, 0.15) is 0 Å². The maximum absolute atomic E-state index is 5.68. The third-order valence-corrected chi connectivity index (χ3v) is 4.65. The third-order valence-electron chi connectivity index (χ3n) is 3.91. The summed E-state index contributed by atoms with van der Waals surface area (Å²) < 4.78 is 5.68. The highest BCUT2D eigenvalue weighted by atomic mass is 32.2. The van der Waals surface area contributed by atoms with E-state index in [0.29, 0.717) is 12.1 Å². The Bertz CT molecular complexity index is 360. The first-order valence-corrected chi connectivity index (χ1v) is 8.48. The van der Waals surface area contributed by atoms with Crippen LogP contribution < -0.4 is 5.32 Å². The van der Waals surface area contributed by atoms with Gasteiger partial charge in [0.25, 0.3) is 0 Å². The van der Waals surface area contributed by atoms with E-state index in [2.05, 4.69) is 42.9 Å². The summed E-state index contributed by atoms with van der Waals surface area (Å²) in [5, 5.41) is 3.43. The number of nitrogens with one attached hydrogen (secondary N) is 1. The second kappa shape index (κ2) is 7.93. The largest absolute Gasteiger partial charge is 0.378 e. The van der Waals surface area contributed by atoms with Gasteiger partial charge in [-0.25, -0.2) is 0 Å². The second-order valence-electron chi connectivity index (χ2n) is 5.18. The molecule has 0 aliphatic carbocycles. The summed E-state index contributed by atoms with van der Waals surface area (Å²) >= 11 is 1.79. The van der Waals surface area contributed by atoms with Gasteiger partial charge in [0.05, 0.1) is 6.10 Å². The lowest BCUT2D eigenvalue weighted by molar-refractivity contribution is 0.101. The lowest BCUT2D eigenvalue weighted by Crippen LogP contribution is -2.17. The number of rotatable bonds is 7. The topological polar surface area (TPSA) is 21.3 Å². The molecule has 2 nitrogen and oxygen atoms in total. The number of ether oxygens (including phenoxy) is 1. The highest BCUT2D eigenvalue weighted by molar-refractivity contribution is 7.98. The van der Waals surface area contributed by atoms with Crippen LogP contribution in [0.2, 0.25) is 0 Å². The van der Waals surface area contributed by atoms with Crippen LogP contribution in [0.25, 0.3) is 0 Å². The maximum Gasteiger partial charge on any atom is 0.0576 e. The minimum atomic E-state index is 0.470. The lowest BCUT2D eigenvalue weighted by atomic mass is 9.99. The van der Waals surface area contributed by atoms with E-state index in [-0.39, 0.29) is 0 Å². The summed E-state index contributed by atoms with van der Waals surface area (Å²) in [6.45, 7) is 0.969. The molecular formula is C16H25NOS. The maximum atomic E-state index is 5.68. The Morgan fingerprint density at radius 1 is 1.37 bits per heavy atom. The van der Waals surface area contributed by atoms with Crippen molar-refractivity contribution in [2.75, 3.05) is 19.9 Å². The van der Waals surface area contributed by atoms with Crippen LogP contribution in [-0.4, -0.2) is 26.0 Å². The normalized spacial score (nSPS) is 20.6. The van der Waals surface area contributed by atoms with Gasteiger partial charge in [-0.05, 0) is 63.1 Å². The average Bonchev–Trinajstić information content (AvgIpc) is 2.97. The molecule has 2 atom stereocenters. The van der Waals surface area contributed by atoms with Gasteiger partial charge in [0.2, 0.25) is 0 Å². The van der Waals surface area contributed by atoms with E-state index in [1.807, 2.05) is 0 Å². The Balaban J connectivity index is 1.80. The molecule has 0 saturated carbocycles. The quantitative estimate of drug-likeness (QED) is 0.762. The molecule has 3 heteroatoms. The van der Waals surface area contributed by atoms with Crippen molar-refractivity contribution in [1.29, 1.82) is 0 Å². The Labute approximate surface area is 121 Å². The summed E-state index contributed by atoms with van der Waals surface area (Å²) in [6.07, 6.45) is 8.78. The summed E-state index contributed by atoms with van der Waals surface area (Å²) in [6, 6.07) is 9.39. The Morgan fingerprint density at radius 3 is 2.74 bits per heavy atom. The van der Waals surface area contributed by atoms with Crippen LogP contribution in [0.4, 0.5) is 0 Å². The summed E-state index contributed by atoms with van der Waals surface area (Å²) in [5.41, 5.74) is 1.40. The first-order chi connectivity index (χ1) is 9.33. The van der Waals surface area contributed by atoms with Gasteiger partial charge in [-0.15, -0.1) is 11.8 Å². The molecule has 2 rings (SSSR count). The smallest absolute Gasteiger partial charge is 0.0576 e. The number of hydrogen-bond donors (Lipinski definition) is 1. The van der Waals surface area contributed by atoms with Gasteiger partial charge in [-0.1, -0.05) is 12.1 Å². The molecule has 1 aromatic carbocycles.